The van der Waals surface area contributed by atoms with Gasteiger partial charge in [0.1, 0.15) is 10.6 Å². The van der Waals surface area contributed by atoms with Gasteiger partial charge in [0.25, 0.3) is 0 Å². The molecule has 0 saturated heterocycles. The van der Waals surface area contributed by atoms with Crippen LogP contribution < -0.4 is 0 Å². The smallest absolute Gasteiger partial charge is 0.250 e. The summed E-state index contributed by atoms with van der Waals surface area (Å²) in [6, 6.07) is 5.99. The molecule has 0 saturated carbocycles. The largest absolute Gasteiger partial charge is 0.383 e. The van der Waals surface area contributed by atoms with E-state index < -0.39 is 5.60 Å². The standard InChI is InChI=1S/C23H29N3O2S/c1-13(2)17-8-16(11-24)9-18(14(3)4)19(17)10-21(27)25-12-20-15(5)26-22(29-20)23(6,7)28/h8-9,12-14,28H,10H2,1-7H3. The molecule has 29 heavy (non-hydrogen) atoms. The Hall–Kier alpha value is -2.36. The van der Waals surface area contributed by atoms with Crippen molar-refractivity contribution in [1.29, 1.82) is 5.26 Å². The Balaban J connectivity index is 2.35. The Labute approximate surface area is 177 Å². The predicted octanol–water partition coefficient (Wildman–Crippen LogP) is 4.99. The van der Waals surface area contributed by atoms with Crippen molar-refractivity contribution in [2.24, 2.45) is 4.99 Å². The van der Waals surface area contributed by atoms with Gasteiger partial charge in [-0.3, -0.25) is 4.79 Å². The molecule has 2 aromatic rings. The minimum absolute atomic E-state index is 0.194. The fraction of sp³-hybridized carbons (Fsp3) is 0.478. The zero-order valence-corrected chi connectivity index (χ0v) is 19.0. The van der Waals surface area contributed by atoms with Gasteiger partial charge in [0.15, 0.2) is 0 Å². The summed E-state index contributed by atoms with van der Waals surface area (Å²) in [7, 11) is 0. The summed E-state index contributed by atoms with van der Waals surface area (Å²) in [5, 5.41) is 20.1. The number of nitrogens with zero attached hydrogens (tertiary/aromatic N) is 3. The molecule has 1 aromatic heterocycles. The molecular formula is C23H29N3O2S. The summed E-state index contributed by atoms with van der Waals surface area (Å²) < 4.78 is 0. The first-order valence-corrected chi connectivity index (χ1v) is 10.6. The van der Waals surface area contributed by atoms with Gasteiger partial charge in [0.05, 0.1) is 28.6 Å². The molecule has 0 bridgehead atoms. The van der Waals surface area contributed by atoms with Crippen LogP contribution in [0.25, 0.3) is 0 Å². The average Bonchev–Trinajstić information content (AvgIpc) is 3.00. The summed E-state index contributed by atoms with van der Waals surface area (Å²) in [4.78, 5) is 22.0. The lowest BCUT2D eigenvalue weighted by atomic mass is 9.85. The Bertz CT molecular complexity index is 944. The van der Waals surface area contributed by atoms with Crippen LogP contribution in [0.2, 0.25) is 0 Å². The fourth-order valence-electron chi connectivity index (χ4n) is 3.13. The molecule has 1 aromatic carbocycles. The van der Waals surface area contributed by atoms with Crippen molar-refractivity contribution in [3.63, 3.8) is 0 Å². The lowest BCUT2D eigenvalue weighted by Gasteiger charge is -2.19. The zero-order chi connectivity index (χ0) is 21.9. The second kappa shape index (κ2) is 8.98. The Morgan fingerprint density at radius 3 is 2.24 bits per heavy atom. The van der Waals surface area contributed by atoms with E-state index in [0.717, 1.165) is 27.3 Å². The molecule has 0 radical (unpaired) electrons. The second-order valence-electron chi connectivity index (χ2n) is 8.41. The van der Waals surface area contributed by atoms with E-state index in [4.69, 9.17) is 0 Å². The maximum atomic E-state index is 12.7. The van der Waals surface area contributed by atoms with E-state index in [0.29, 0.717) is 10.6 Å². The van der Waals surface area contributed by atoms with Gasteiger partial charge in [-0.1, -0.05) is 27.7 Å². The number of amides is 1. The van der Waals surface area contributed by atoms with Gasteiger partial charge in [-0.05, 0) is 61.4 Å². The Morgan fingerprint density at radius 2 is 1.83 bits per heavy atom. The predicted molar refractivity (Wildman–Crippen MR) is 118 cm³/mol. The number of benzene rings is 1. The third-order valence-electron chi connectivity index (χ3n) is 4.70. The van der Waals surface area contributed by atoms with E-state index in [-0.39, 0.29) is 24.2 Å². The summed E-state index contributed by atoms with van der Waals surface area (Å²) in [5.74, 6) is 0.160. The van der Waals surface area contributed by atoms with Gasteiger partial charge in [0, 0.05) is 6.21 Å². The zero-order valence-electron chi connectivity index (χ0n) is 18.2. The molecule has 154 valence electrons. The van der Waals surface area contributed by atoms with Crippen LogP contribution in [0.1, 0.15) is 91.2 Å². The third kappa shape index (κ3) is 5.59. The van der Waals surface area contributed by atoms with Crippen LogP contribution in [0.15, 0.2) is 17.1 Å². The normalized spacial score (nSPS) is 12.2. The van der Waals surface area contributed by atoms with Crippen molar-refractivity contribution in [1.82, 2.24) is 4.98 Å². The van der Waals surface area contributed by atoms with Gasteiger partial charge >= 0.3 is 0 Å². The molecule has 6 heteroatoms. The highest BCUT2D eigenvalue weighted by Gasteiger charge is 2.22. The molecule has 0 fully saturated rings. The van der Waals surface area contributed by atoms with Crippen molar-refractivity contribution < 1.29 is 9.90 Å². The number of aryl methyl sites for hydroxylation is 1. The number of hydrogen-bond donors (Lipinski definition) is 1. The number of carbonyl (C=O) groups is 1. The quantitative estimate of drug-likeness (QED) is 0.679. The summed E-state index contributed by atoms with van der Waals surface area (Å²) in [6.07, 6.45) is 1.73. The third-order valence-corrected chi connectivity index (χ3v) is 6.11. The fourth-order valence-corrected chi connectivity index (χ4v) is 4.07. The summed E-state index contributed by atoms with van der Waals surface area (Å²) in [5.41, 5.74) is 3.36. The maximum Gasteiger partial charge on any atom is 0.250 e. The molecule has 0 spiro atoms. The number of aliphatic imine (C=N–C) groups is 1. The van der Waals surface area contributed by atoms with Gasteiger partial charge in [-0.25, -0.2) is 9.98 Å². The highest BCUT2D eigenvalue weighted by Crippen LogP contribution is 2.30. The van der Waals surface area contributed by atoms with Crippen molar-refractivity contribution in [3.8, 4) is 6.07 Å². The van der Waals surface area contributed by atoms with E-state index in [1.807, 2.05) is 19.1 Å². The van der Waals surface area contributed by atoms with E-state index in [9.17, 15) is 15.2 Å². The number of aromatic nitrogens is 1. The van der Waals surface area contributed by atoms with E-state index in [1.54, 1.807) is 13.8 Å². The van der Waals surface area contributed by atoms with Gasteiger partial charge in [0.2, 0.25) is 5.91 Å². The highest BCUT2D eigenvalue weighted by molar-refractivity contribution is 7.13. The average molecular weight is 412 g/mol. The van der Waals surface area contributed by atoms with Crippen LogP contribution in [0.4, 0.5) is 0 Å². The molecule has 0 unspecified atom stereocenters. The first-order valence-electron chi connectivity index (χ1n) is 9.78. The maximum absolute atomic E-state index is 12.7. The molecule has 0 atom stereocenters. The number of rotatable bonds is 6. The van der Waals surface area contributed by atoms with Crippen LogP contribution in [0.5, 0.6) is 0 Å². The number of hydrogen-bond acceptors (Lipinski definition) is 5. The lowest BCUT2D eigenvalue weighted by Crippen LogP contribution is -2.14. The minimum atomic E-state index is -1.02. The highest BCUT2D eigenvalue weighted by atomic mass is 32.1. The van der Waals surface area contributed by atoms with Crippen LogP contribution in [-0.2, 0) is 16.8 Å². The van der Waals surface area contributed by atoms with Crippen molar-refractivity contribution in [2.75, 3.05) is 0 Å². The molecule has 1 N–H and O–H groups in total. The SMILES string of the molecule is Cc1nc(C(C)(C)O)sc1C=NC(=O)Cc1c(C(C)C)cc(C#N)cc1C(C)C. The second-order valence-corrected chi connectivity index (χ2v) is 9.44. The lowest BCUT2D eigenvalue weighted by molar-refractivity contribution is -0.117. The molecular weight excluding hydrogens is 382 g/mol. The molecule has 0 aliphatic rings. The number of aliphatic hydroxyl groups is 1. The monoisotopic (exact) mass is 411 g/mol. The molecule has 1 heterocycles. The van der Waals surface area contributed by atoms with Crippen molar-refractivity contribution in [3.05, 3.63) is 50.0 Å². The molecule has 0 aliphatic carbocycles. The first kappa shape index (κ1) is 22.9. The number of carbonyl (C=O) groups excluding carboxylic acids is 1. The van der Waals surface area contributed by atoms with Crippen LogP contribution in [0, 0.1) is 18.3 Å². The first-order chi connectivity index (χ1) is 13.4. The summed E-state index contributed by atoms with van der Waals surface area (Å²) in [6.45, 7) is 13.5. The van der Waals surface area contributed by atoms with E-state index in [2.05, 4.69) is 43.7 Å². The van der Waals surface area contributed by atoms with E-state index in [1.165, 1.54) is 17.6 Å². The Morgan fingerprint density at radius 1 is 1.28 bits per heavy atom. The molecule has 5 nitrogen and oxygen atoms in total. The van der Waals surface area contributed by atoms with Crippen LogP contribution in [-0.4, -0.2) is 22.2 Å². The van der Waals surface area contributed by atoms with Crippen molar-refractivity contribution >= 4 is 23.5 Å². The molecule has 1 amide bonds. The minimum Gasteiger partial charge on any atom is -0.383 e. The van der Waals surface area contributed by atoms with Crippen LogP contribution in [0.3, 0.4) is 0 Å². The topological polar surface area (TPSA) is 86.3 Å². The molecule has 0 aliphatic heterocycles. The summed E-state index contributed by atoms with van der Waals surface area (Å²) >= 11 is 1.34. The number of nitriles is 1. The molecule has 2 rings (SSSR count). The van der Waals surface area contributed by atoms with Gasteiger partial charge in [-0.2, -0.15) is 5.26 Å². The van der Waals surface area contributed by atoms with Gasteiger partial charge < -0.3 is 5.11 Å². The number of thiazole rings is 1. The van der Waals surface area contributed by atoms with Crippen LogP contribution >= 0.6 is 11.3 Å². The van der Waals surface area contributed by atoms with Crippen molar-refractivity contribution in [2.45, 2.75) is 72.3 Å². The van der Waals surface area contributed by atoms with Gasteiger partial charge in [-0.15, -0.1) is 11.3 Å². The Kier molecular flexibility index (Phi) is 7.10. The van der Waals surface area contributed by atoms with E-state index >= 15 is 0 Å².